The first-order valence-corrected chi connectivity index (χ1v) is 9.29. The second kappa shape index (κ2) is 8.28. The number of aromatic nitrogens is 4. The van der Waals surface area contributed by atoms with E-state index in [1.807, 2.05) is 4.90 Å². The zero-order valence-electron chi connectivity index (χ0n) is 16.0. The molecule has 1 amide bonds. The molecular formula is C19H25N5O3. The van der Waals surface area contributed by atoms with Crippen LogP contribution in [0.5, 0.6) is 0 Å². The van der Waals surface area contributed by atoms with Gasteiger partial charge in [0.15, 0.2) is 0 Å². The number of amides is 1. The normalized spacial score (nSPS) is 15.2. The molecule has 2 aromatic rings. The summed E-state index contributed by atoms with van der Waals surface area (Å²) in [6.45, 7) is 7.43. The molecule has 0 atom stereocenters. The second-order valence-corrected chi connectivity index (χ2v) is 7.24. The minimum Gasteiger partial charge on any atom is -0.459 e. The van der Waals surface area contributed by atoms with Crippen molar-refractivity contribution in [2.75, 3.05) is 13.1 Å². The van der Waals surface area contributed by atoms with Crippen LogP contribution in [-0.4, -0.2) is 56.2 Å². The van der Waals surface area contributed by atoms with E-state index in [0.29, 0.717) is 22.9 Å². The third-order valence-electron chi connectivity index (χ3n) is 4.57. The lowest BCUT2D eigenvalue weighted by molar-refractivity contribution is -0.133. The second-order valence-electron chi connectivity index (χ2n) is 7.24. The molecular weight excluding hydrogens is 346 g/mol. The number of likely N-dealkylation sites (tertiary alicyclic amines) is 1. The third-order valence-corrected chi connectivity index (χ3v) is 4.57. The van der Waals surface area contributed by atoms with Crippen molar-refractivity contribution in [1.29, 1.82) is 0 Å². The summed E-state index contributed by atoms with van der Waals surface area (Å²) in [5.74, 6) is 0.642. The first kappa shape index (κ1) is 19.0. The molecule has 2 heterocycles. The number of nitrogens with zero attached hydrogens (tertiary/aromatic N) is 5. The van der Waals surface area contributed by atoms with Crippen molar-refractivity contribution >= 4 is 11.9 Å². The summed E-state index contributed by atoms with van der Waals surface area (Å²) in [7, 11) is 0. The Hall–Kier alpha value is -2.77. The zero-order valence-corrected chi connectivity index (χ0v) is 16.0. The molecule has 0 saturated carbocycles. The molecule has 8 nitrogen and oxygen atoms in total. The van der Waals surface area contributed by atoms with Crippen molar-refractivity contribution < 1.29 is 14.3 Å². The Morgan fingerprint density at radius 2 is 2.00 bits per heavy atom. The largest absolute Gasteiger partial charge is 0.459 e. The Morgan fingerprint density at radius 1 is 1.26 bits per heavy atom. The Labute approximate surface area is 158 Å². The van der Waals surface area contributed by atoms with Crippen LogP contribution in [-0.2, 0) is 16.1 Å². The quantitative estimate of drug-likeness (QED) is 0.748. The summed E-state index contributed by atoms with van der Waals surface area (Å²) in [6.07, 6.45) is 1.87. The highest BCUT2D eigenvalue weighted by molar-refractivity contribution is 5.90. The van der Waals surface area contributed by atoms with E-state index in [4.69, 9.17) is 4.74 Å². The van der Waals surface area contributed by atoms with Gasteiger partial charge in [0.05, 0.1) is 11.7 Å². The molecule has 1 aliphatic heterocycles. The van der Waals surface area contributed by atoms with E-state index in [1.165, 1.54) is 4.80 Å². The molecule has 1 saturated heterocycles. The maximum absolute atomic E-state index is 12.4. The van der Waals surface area contributed by atoms with Crippen molar-refractivity contribution in [1.82, 2.24) is 25.1 Å². The molecule has 8 heteroatoms. The van der Waals surface area contributed by atoms with Gasteiger partial charge in [0, 0.05) is 18.7 Å². The van der Waals surface area contributed by atoms with Gasteiger partial charge >= 0.3 is 5.97 Å². The molecule has 0 N–H and O–H groups in total. The first-order valence-electron chi connectivity index (χ1n) is 9.29. The van der Waals surface area contributed by atoms with Crippen LogP contribution in [0.15, 0.2) is 24.3 Å². The van der Waals surface area contributed by atoms with Crippen molar-refractivity contribution in [2.45, 2.75) is 46.3 Å². The van der Waals surface area contributed by atoms with E-state index in [-0.39, 0.29) is 18.6 Å². The number of rotatable bonds is 5. The van der Waals surface area contributed by atoms with Crippen LogP contribution in [0, 0.1) is 5.92 Å². The zero-order chi connectivity index (χ0) is 19.4. The Bertz CT molecular complexity index is 809. The van der Waals surface area contributed by atoms with Crippen LogP contribution in [0.2, 0.25) is 0 Å². The van der Waals surface area contributed by atoms with Gasteiger partial charge in [-0.2, -0.15) is 4.80 Å². The maximum atomic E-state index is 12.4. The van der Waals surface area contributed by atoms with Gasteiger partial charge in [-0.3, -0.25) is 4.79 Å². The van der Waals surface area contributed by atoms with Crippen LogP contribution < -0.4 is 0 Å². The van der Waals surface area contributed by atoms with Crippen LogP contribution in [0.3, 0.4) is 0 Å². The van der Waals surface area contributed by atoms with Gasteiger partial charge in [0.1, 0.15) is 6.54 Å². The fourth-order valence-electron chi connectivity index (χ4n) is 2.97. The average molecular weight is 371 g/mol. The molecule has 1 aliphatic rings. The minimum atomic E-state index is -0.395. The maximum Gasteiger partial charge on any atom is 0.338 e. The predicted molar refractivity (Wildman–Crippen MR) is 98.8 cm³/mol. The molecule has 1 fully saturated rings. The SMILES string of the molecule is CC1CCN(C(=O)Cn2nnc(-c3cccc(C(=O)OC(C)C)c3)n2)CC1. The molecule has 1 aromatic heterocycles. The summed E-state index contributed by atoms with van der Waals surface area (Å²) in [4.78, 5) is 27.6. The number of carbonyl (C=O) groups excluding carboxylic acids is 2. The highest BCUT2D eigenvalue weighted by atomic mass is 16.5. The number of tetrazole rings is 1. The van der Waals surface area contributed by atoms with Gasteiger partial charge in [-0.1, -0.05) is 19.1 Å². The Kier molecular flexibility index (Phi) is 5.83. The lowest BCUT2D eigenvalue weighted by Gasteiger charge is -2.30. The minimum absolute atomic E-state index is 0.000104. The monoisotopic (exact) mass is 371 g/mol. The highest BCUT2D eigenvalue weighted by Gasteiger charge is 2.21. The van der Waals surface area contributed by atoms with E-state index in [1.54, 1.807) is 38.1 Å². The summed E-state index contributed by atoms with van der Waals surface area (Å²) in [5.41, 5.74) is 1.08. The molecule has 0 aliphatic carbocycles. The van der Waals surface area contributed by atoms with Gasteiger partial charge in [0.25, 0.3) is 0 Å². The molecule has 27 heavy (non-hydrogen) atoms. The number of piperidine rings is 1. The van der Waals surface area contributed by atoms with Gasteiger partial charge in [-0.05, 0) is 50.0 Å². The lowest BCUT2D eigenvalue weighted by atomic mass is 9.99. The number of hydrogen-bond donors (Lipinski definition) is 0. The van der Waals surface area contributed by atoms with Crippen molar-refractivity contribution in [2.24, 2.45) is 5.92 Å². The number of carbonyl (C=O) groups is 2. The summed E-state index contributed by atoms with van der Waals surface area (Å²) in [5, 5.41) is 12.3. The van der Waals surface area contributed by atoms with Gasteiger partial charge in [-0.15, -0.1) is 10.2 Å². The fourth-order valence-corrected chi connectivity index (χ4v) is 2.97. The van der Waals surface area contributed by atoms with E-state index >= 15 is 0 Å². The van der Waals surface area contributed by atoms with Crippen molar-refractivity contribution in [3.05, 3.63) is 29.8 Å². The number of ether oxygens (including phenoxy) is 1. The van der Waals surface area contributed by atoms with Crippen LogP contribution in [0.4, 0.5) is 0 Å². The van der Waals surface area contributed by atoms with Crippen molar-refractivity contribution in [3.63, 3.8) is 0 Å². The first-order chi connectivity index (χ1) is 12.9. The topological polar surface area (TPSA) is 90.2 Å². The van der Waals surface area contributed by atoms with E-state index in [9.17, 15) is 9.59 Å². The molecule has 1 aromatic carbocycles. The fraction of sp³-hybridized carbons (Fsp3) is 0.526. The molecule has 0 unspecified atom stereocenters. The standard InChI is InChI=1S/C19H25N5O3/c1-13(2)27-19(26)16-6-4-5-15(11-16)18-20-22-24(21-18)12-17(25)23-9-7-14(3)8-10-23/h4-6,11,13-14H,7-10,12H2,1-3H3. The molecule has 3 rings (SSSR count). The Morgan fingerprint density at radius 3 is 2.70 bits per heavy atom. The van der Waals surface area contributed by atoms with Crippen LogP contribution in [0.25, 0.3) is 11.4 Å². The van der Waals surface area contributed by atoms with Crippen molar-refractivity contribution in [3.8, 4) is 11.4 Å². The van der Waals surface area contributed by atoms with E-state index in [0.717, 1.165) is 25.9 Å². The third kappa shape index (κ3) is 4.90. The molecule has 0 spiro atoms. The highest BCUT2D eigenvalue weighted by Crippen LogP contribution is 2.18. The smallest absolute Gasteiger partial charge is 0.338 e. The van der Waals surface area contributed by atoms with Crippen LogP contribution in [0.1, 0.15) is 44.0 Å². The molecule has 144 valence electrons. The van der Waals surface area contributed by atoms with Gasteiger partial charge in [0.2, 0.25) is 11.7 Å². The van der Waals surface area contributed by atoms with E-state index < -0.39 is 5.97 Å². The summed E-state index contributed by atoms with van der Waals surface area (Å²) in [6, 6.07) is 6.88. The molecule has 0 bridgehead atoms. The van der Waals surface area contributed by atoms with Crippen LogP contribution >= 0.6 is 0 Å². The number of benzene rings is 1. The molecule has 0 radical (unpaired) electrons. The lowest BCUT2D eigenvalue weighted by Crippen LogP contribution is -2.40. The summed E-state index contributed by atoms with van der Waals surface area (Å²) >= 11 is 0. The number of esters is 1. The van der Waals surface area contributed by atoms with E-state index in [2.05, 4.69) is 22.3 Å². The summed E-state index contributed by atoms with van der Waals surface area (Å²) < 4.78 is 5.21. The van der Waals surface area contributed by atoms with Gasteiger partial charge < -0.3 is 9.64 Å². The Balaban J connectivity index is 1.67. The number of hydrogen-bond acceptors (Lipinski definition) is 6. The average Bonchev–Trinajstić information content (AvgIpc) is 3.10. The van der Waals surface area contributed by atoms with Gasteiger partial charge in [-0.25, -0.2) is 4.79 Å². The predicted octanol–water partition coefficient (Wildman–Crippen LogP) is 2.16.